The summed E-state index contributed by atoms with van der Waals surface area (Å²) in [7, 11) is 1.12. The second-order valence-electron chi connectivity index (χ2n) is 9.27. The number of alkyl halides is 3. The maximum Gasteiger partial charge on any atom is 0.413 e. The molecular weight excluding hydrogens is 499 g/mol. The molecule has 1 aliphatic carbocycles. The molecule has 1 amide bonds. The molecule has 190 valence electrons. The van der Waals surface area contributed by atoms with E-state index in [-0.39, 0.29) is 18.4 Å². The Morgan fingerprint density at radius 1 is 1.19 bits per heavy atom. The van der Waals surface area contributed by atoms with Gasteiger partial charge in [0.2, 0.25) is 5.91 Å². The molecule has 1 fully saturated rings. The van der Waals surface area contributed by atoms with Crippen molar-refractivity contribution in [2.45, 2.75) is 37.9 Å². The number of carbonyl (C=O) groups is 2. The Balaban J connectivity index is 1.40. The monoisotopic (exact) mass is 521 g/mol. The fourth-order valence-electron chi connectivity index (χ4n) is 5.10. The topological polar surface area (TPSA) is 91.0 Å². The lowest BCUT2D eigenvalue weighted by Gasteiger charge is -2.38. The molecule has 2 aromatic heterocycles. The van der Waals surface area contributed by atoms with E-state index in [9.17, 15) is 22.8 Å². The molecule has 1 aromatic carbocycles. The Labute approximate surface area is 209 Å². The predicted molar refractivity (Wildman–Crippen MR) is 125 cm³/mol. The van der Waals surface area contributed by atoms with Crippen LogP contribution in [0.5, 0.6) is 0 Å². The molecule has 1 atom stereocenters. The van der Waals surface area contributed by atoms with Gasteiger partial charge in [-0.25, -0.2) is 9.50 Å². The average molecular weight is 522 g/mol. The van der Waals surface area contributed by atoms with Gasteiger partial charge in [0.1, 0.15) is 0 Å². The third-order valence-electron chi connectivity index (χ3n) is 7.02. The van der Waals surface area contributed by atoms with E-state index in [1.54, 1.807) is 28.9 Å². The molecule has 1 N–H and O–H groups in total. The van der Waals surface area contributed by atoms with Crippen LogP contribution in [0.3, 0.4) is 0 Å². The second kappa shape index (κ2) is 8.95. The number of hydrogen-bond acceptors (Lipinski definition) is 5. The first kappa shape index (κ1) is 24.4. The molecule has 0 unspecified atom stereocenters. The summed E-state index contributed by atoms with van der Waals surface area (Å²) >= 11 is 6.03. The number of carboxylic acids is 1. The van der Waals surface area contributed by atoms with E-state index in [0.29, 0.717) is 27.9 Å². The van der Waals surface area contributed by atoms with Crippen molar-refractivity contribution in [3.05, 3.63) is 52.9 Å². The van der Waals surface area contributed by atoms with Crippen LogP contribution in [0.25, 0.3) is 5.65 Å². The SMILES string of the molecule is CN(C(=O)[C@H]1C[C@@H](C(=O)O)C1)[C@@H](c1ccc(N2CCCc3c2cnc2cc(Cl)nn32)cc1)C(F)(F)F. The maximum absolute atomic E-state index is 14.1. The van der Waals surface area contributed by atoms with E-state index in [2.05, 4.69) is 10.1 Å². The van der Waals surface area contributed by atoms with Crippen molar-refractivity contribution < 1.29 is 27.9 Å². The van der Waals surface area contributed by atoms with Gasteiger partial charge in [0.25, 0.3) is 0 Å². The first-order valence-electron chi connectivity index (χ1n) is 11.5. The largest absolute Gasteiger partial charge is 0.481 e. The van der Waals surface area contributed by atoms with Gasteiger partial charge in [-0.05, 0) is 43.4 Å². The zero-order valence-electron chi connectivity index (χ0n) is 19.2. The molecular formula is C24H23ClF3N5O3. The van der Waals surface area contributed by atoms with Crippen molar-refractivity contribution in [3.63, 3.8) is 0 Å². The predicted octanol–water partition coefficient (Wildman–Crippen LogP) is 4.64. The lowest BCUT2D eigenvalue weighted by molar-refractivity contribution is -0.192. The molecule has 3 aromatic rings. The fraction of sp³-hybridized carbons (Fsp3) is 0.417. The van der Waals surface area contributed by atoms with E-state index in [4.69, 9.17) is 16.7 Å². The number of nitrogens with zero attached hydrogens (tertiary/aromatic N) is 5. The lowest BCUT2D eigenvalue weighted by Crippen LogP contribution is -2.46. The van der Waals surface area contributed by atoms with Crippen LogP contribution in [0.15, 0.2) is 36.5 Å². The van der Waals surface area contributed by atoms with Crippen molar-refractivity contribution in [1.29, 1.82) is 0 Å². The molecule has 36 heavy (non-hydrogen) atoms. The molecule has 0 saturated heterocycles. The van der Waals surface area contributed by atoms with E-state index in [0.717, 1.165) is 31.3 Å². The van der Waals surface area contributed by atoms with Crippen molar-refractivity contribution >= 4 is 40.5 Å². The summed E-state index contributed by atoms with van der Waals surface area (Å²) in [6.45, 7) is 0.655. The average Bonchev–Trinajstić information content (AvgIpc) is 3.17. The number of rotatable bonds is 5. The van der Waals surface area contributed by atoms with Gasteiger partial charge in [0.05, 0.1) is 23.5 Å². The first-order valence-corrected chi connectivity index (χ1v) is 11.9. The third kappa shape index (κ3) is 4.25. The Kier molecular flexibility index (Phi) is 6.06. The molecule has 8 nitrogen and oxygen atoms in total. The molecule has 2 aliphatic rings. The highest BCUT2D eigenvalue weighted by atomic mass is 35.5. The summed E-state index contributed by atoms with van der Waals surface area (Å²) in [5.74, 6) is -3.13. The van der Waals surface area contributed by atoms with Crippen LogP contribution < -0.4 is 4.90 Å². The minimum absolute atomic E-state index is 0.0547. The summed E-state index contributed by atoms with van der Waals surface area (Å²) in [6.07, 6.45) is -1.31. The fourth-order valence-corrected chi connectivity index (χ4v) is 5.28. The minimum Gasteiger partial charge on any atom is -0.481 e. The number of halogens is 4. The lowest BCUT2D eigenvalue weighted by atomic mass is 9.74. The van der Waals surface area contributed by atoms with Crippen molar-refractivity contribution in [2.24, 2.45) is 11.8 Å². The molecule has 0 spiro atoms. The highest BCUT2D eigenvalue weighted by Gasteiger charge is 2.48. The number of aliphatic carboxylic acids is 1. The summed E-state index contributed by atoms with van der Waals surface area (Å²) in [4.78, 5) is 30.8. The zero-order valence-corrected chi connectivity index (χ0v) is 20.0. The number of anilines is 2. The van der Waals surface area contributed by atoms with Crippen LogP contribution in [0.4, 0.5) is 24.5 Å². The van der Waals surface area contributed by atoms with Gasteiger partial charge in [0.15, 0.2) is 16.8 Å². The van der Waals surface area contributed by atoms with Crippen LogP contribution in [0.1, 0.15) is 36.6 Å². The Morgan fingerprint density at radius 3 is 2.53 bits per heavy atom. The van der Waals surface area contributed by atoms with Crippen molar-refractivity contribution in [3.8, 4) is 0 Å². The van der Waals surface area contributed by atoms with Gasteiger partial charge >= 0.3 is 12.1 Å². The van der Waals surface area contributed by atoms with Crippen LogP contribution in [0.2, 0.25) is 5.15 Å². The molecule has 5 rings (SSSR count). The number of carbonyl (C=O) groups excluding carboxylic acids is 1. The number of aromatic nitrogens is 3. The van der Waals surface area contributed by atoms with Gasteiger partial charge < -0.3 is 14.9 Å². The van der Waals surface area contributed by atoms with Gasteiger partial charge in [0, 0.05) is 31.3 Å². The number of carboxylic acid groups (broad SMARTS) is 1. The second-order valence-corrected chi connectivity index (χ2v) is 9.66. The van der Waals surface area contributed by atoms with E-state index < -0.39 is 35.9 Å². The van der Waals surface area contributed by atoms with Crippen molar-refractivity contribution in [1.82, 2.24) is 19.5 Å². The highest BCUT2D eigenvalue weighted by molar-refractivity contribution is 6.29. The van der Waals surface area contributed by atoms with Crippen molar-refractivity contribution in [2.75, 3.05) is 18.5 Å². The third-order valence-corrected chi connectivity index (χ3v) is 7.20. The number of hydrogen-bond donors (Lipinski definition) is 1. The van der Waals surface area contributed by atoms with Gasteiger partial charge in [-0.2, -0.15) is 18.3 Å². The molecule has 12 heteroatoms. The van der Waals surface area contributed by atoms with Crippen LogP contribution in [-0.2, 0) is 16.0 Å². The zero-order chi connectivity index (χ0) is 25.8. The first-order chi connectivity index (χ1) is 17.0. The van der Waals surface area contributed by atoms with E-state index in [1.165, 1.54) is 12.1 Å². The number of fused-ring (bicyclic) bond motifs is 3. The molecule has 0 bridgehead atoms. The standard InChI is InChI=1S/C24H23ClF3N5O3/c1-31(22(34)14-9-15(10-14)23(35)36)21(24(26,27)28)13-4-6-16(7-5-13)32-8-2-3-17-18(32)12-29-20-11-19(25)30-33(17)20/h4-7,11-12,14-15,21H,2-3,8-10H2,1H3,(H,35,36)/t14-,15+,21-/m0/s1. The Bertz CT molecular complexity index is 1320. The minimum atomic E-state index is -4.70. The summed E-state index contributed by atoms with van der Waals surface area (Å²) < 4.78 is 43.9. The smallest absolute Gasteiger partial charge is 0.413 e. The molecule has 3 heterocycles. The highest BCUT2D eigenvalue weighted by Crippen LogP contribution is 2.42. The molecule has 0 radical (unpaired) electrons. The van der Waals surface area contributed by atoms with Gasteiger partial charge in [-0.15, -0.1) is 0 Å². The van der Waals surface area contributed by atoms with E-state index >= 15 is 0 Å². The van der Waals surface area contributed by atoms with Crippen LogP contribution in [0, 0.1) is 11.8 Å². The van der Waals surface area contributed by atoms with Gasteiger partial charge in [-0.1, -0.05) is 23.7 Å². The van der Waals surface area contributed by atoms with Crippen LogP contribution in [-0.4, -0.2) is 56.2 Å². The summed E-state index contributed by atoms with van der Waals surface area (Å²) in [5.41, 5.74) is 2.97. The quantitative estimate of drug-likeness (QED) is 0.526. The Morgan fingerprint density at radius 2 is 1.89 bits per heavy atom. The normalized spacial score (nSPS) is 20.5. The molecule has 1 saturated carbocycles. The molecule has 1 aliphatic heterocycles. The number of aryl methyl sites for hydroxylation is 1. The van der Waals surface area contributed by atoms with Gasteiger partial charge in [-0.3, -0.25) is 9.59 Å². The number of amides is 1. The summed E-state index contributed by atoms with van der Waals surface area (Å²) in [6, 6.07) is 5.49. The Hall–Kier alpha value is -3.34. The number of benzene rings is 1. The van der Waals surface area contributed by atoms with Crippen LogP contribution >= 0.6 is 11.6 Å². The maximum atomic E-state index is 14.1. The van der Waals surface area contributed by atoms with E-state index in [1.807, 2.05) is 4.90 Å². The summed E-state index contributed by atoms with van der Waals surface area (Å²) in [5, 5.41) is 13.6.